The lowest BCUT2D eigenvalue weighted by molar-refractivity contribution is -0.137. The number of halogens is 3. The molecule has 1 heterocycles. The van der Waals surface area contributed by atoms with Crippen molar-refractivity contribution in [3.05, 3.63) is 77.4 Å². The molecule has 0 saturated heterocycles. The number of methoxy groups -OCH3 is 1. The molecule has 28 heavy (non-hydrogen) atoms. The molecule has 0 unspecified atom stereocenters. The van der Waals surface area contributed by atoms with Crippen molar-refractivity contribution < 1.29 is 22.7 Å². The van der Waals surface area contributed by atoms with Gasteiger partial charge in [0.15, 0.2) is 5.82 Å². The number of amides is 1. The fourth-order valence-electron chi connectivity index (χ4n) is 2.79. The van der Waals surface area contributed by atoms with Crippen LogP contribution in [-0.2, 0) is 17.4 Å². The van der Waals surface area contributed by atoms with Gasteiger partial charge in [-0.2, -0.15) is 18.3 Å². The number of rotatable bonds is 6. The first kappa shape index (κ1) is 19.4. The number of ether oxygens (including phenoxy) is 1. The van der Waals surface area contributed by atoms with Gasteiger partial charge in [-0.25, -0.2) is 4.98 Å². The number of hydrogen-bond acceptors (Lipinski definition) is 4. The number of alkyl halides is 3. The van der Waals surface area contributed by atoms with Crippen molar-refractivity contribution in [3.63, 3.8) is 0 Å². The van der Waals surface area contributed by atoms with E-state index in [0.717, 1.165) is 12.1 Å². The third-order valence-electron chi connectivity index (χ3n) is 4.10. The molecule has 1 aromatic heterocycles. The Morgan fingerprint density at radius 1 is 1.21 bits per heavy atom. The largest absolute Gasteiger partial charge is 0.496 e. The summed E-state index contributed by atoms with van der Waals surface area (Å²) in [5.41, 5.74) is 0.0799. The molecule has 0 radical (unpaired) electrons. The van der Waals surface area contributed by atoms with Crippen LogP contribution in [0, 0.1) is 0 Å². The van der Waals surface area contributed by atoms with E-state index in [-0.39, 0.29) is 17.8 Å². The van der Waals surface area contributed by atoms with Crippen LogP contribution >= 0.6 is 0 Å². The van der Waals surface area contributed by atoms with Crippen molar-refractivity contribution in [1.82, 2.24) is 20.5 Å². The van der Waals surface area contributed by atoms with E-state index in [4.69, 9.17) is 4.74 Å². The lowest BCUT2D eigenvalue weighted by Gasteiger charge is -2.19. The second-order valence-corrected chi connectivity index (χ2v) is 5.98. The van der Waals surface area contributed by atoms with Gasteiger partial charge in [0.25, 0.3) is 0 Å². The summed E-state index contributed by atoms with van der Waals surface area (Å²) in [6.07, 6.45) is -3.28. The van der Waals surface area contributed by atoms with E-state index in [1.165, 1.54) is 25.6 Å². The highest BCUT2D eigenvalue weighted by Crippen LogP contribution is 2.31. The maximum absolute atomic E-state index is 13.1. The van der Waals surface area contributed by atoms with Crippen LogP contribution in [0.3, 0.4) is 0 Å². The van der Waals surface area contributed by atoms with Gasteiger partial charge < -0.3 is 10.1 Å². The summed E-state index contributed by atoms with van der Waals surface area (Å²) >= 11 is 0. The number of aromatic nitrogens is 3. The van der Waals surface area contributed by atoms with Gasteiger partial charge in [0.05, 0.1) is 19.1 Å². The van der Waals surface area contributed by atoms with Gasteiger partial charge in [-0.05, 0) is 23.8 Å². The maximum atomic E-state index is 13.1. The Morgan fingerprint density at radius 2 is 2.00 bits per heavy atom. The highest BCUT2D eigenvalue weighted by molar-refractivity contribution is 5.80. The highest BCUT2D eigenvalue weighted by Gasteiger charge is 2.31. The van der Waals surface area contributed by atoms with E-state index in [1.807, 2.05) is 0 Å². The van der Waals surface area contributed by atoms with Crippen molar-refractivity contribution in [2.24, 2.45) is 0 Å². The summed E-state index contributed by atoms with van der Waals surface area (Å²) in [5, 5.41) is 9.05. The lowest BCUT2D eigenvalue weighted by Crippen LogP contribution is -2.31. The van der Waals surface area contributed by atoms with Crippen LogP contribution in [0.1, 0.15) is 28.6 Å². The Hall–Kier alpha value is -3.36. The Kier molecular flexibility index (Phi) is 5.62. The molecule has 0 fully saturated rings. The maximum Gasteiger partial charge on any atom is 0.416 e. The SMILES string of the molecule is COc1ccccc1CC(=O)N[C@@H](c1cccc(C(F)(F)F)c1)c1ncn[nH]1. The number of nitrogens with zero attached hydrogens (tertiary/aromatic N) is 2. The van der Waals surface area contributed by atoms with Gasteiger partial charge in [0.1, 0.15) is 18.1 Å². The number of H-pyrrole nitrogens is 1. The van der Waals surface area contributed by atoms with Crippen LogP contribution in [0.4, 0.5) is 13.2 Å². The van der Waals surface area contributed by atoms with Crippen molar-refractivity contribution in [3.8, 4) is 5.75 Å². The molecule has 3 aromatic rings. The molecule has 3 rings (SSSR count). The predicted molar refractivity (Wildman–Crippen MR) is 94.5 cm³/mol. The lowest BCUT2D eigenvalue weighted by atomic mass is 10.0. The van der Waals surface area contributed by atoms with Crippen LogP contribution in [0.2, 0.25) is 0 Å². The molecule has 146 valence electrons. The third kappa shape index (κ3) is 4.48. The summed E-state index contributed by atoms with van der Waals surface area (Å²) in [7, 11) is 1.50. The second kappa shape index (κ2) is 8.12. The zero-order chi connectivity index (χ0) is 20.1. The molecule has 2 aromatic carbocycles. The average molecular weight is 390 g/mol. The van der Waals surface area contributed by atoms with E-state index in [1.54, 1.807) is 24.3 Å². The molecule has 0 spiro atoms. The van der Waals surface area contributed by atoms with Crippen LogP contribution in [-0.4, -0.2) is 28.2 Å². The van der Waals surface area contributed by atoms with Crippen molar-refractivity contribution in [1.29, 1.82) is 0 Å². The molecule has 6 nitrogen and oxygen atoms in total. The van der Waals surface area contributed by atoms with Crippen LogP contribution in [0.5, 0.6) is 5.75 Å². The fraction of sp³-hybridized carbons (Fsp3) is 0.211. The van der Waals surface area contributed by atoms with Gasteiger partial charge in [0, 0.05) is 5.56 Å². The van der Waals surface area contributed by atoms with Crippen molar-refractivity contribution in [2.45, 2.75) is 18.6 Å². The Morgan fingerprint density at radius 3 is 2.68 bits per heavy atom. The monoisotopic (exact) mass is 390 g/mol. The van der Waals surface area contributed by atoms with Crippen molar-refractivity contribution >= 4 is 5.91 Å². The number of carbonyl (C=O) groups is 1. The summed E-state index contributed by atoms with van der Waals surface area (Å²) in [6.45, 7) is 0. The van der Waals surface area contributed by atoms with Gasteiger partial charge in [-0.1, -0.05) is 30.3 Å². The summed E-state index contributed by atoms with van der Waals surface area (Å²) in [5.74, 6) is 0.379. The normalized spacial score (nSPS) is 12.4. The first-order chi connectivity index (χ1) is 13.4. The molecule has 1 atom stereocenters. The number of benzene rings is 2. The first-order valence-corrected chi connectivity index (χ1v) is 8.32. The summed E-state index contributed by atoms with van der Waals surface area (Å²) < 4.78 is 44.4. The molecule has 1 amide bonds. The van der Waals surface area contributed by atoms with E-state index in [9.17, 15) is 18.0 Å². The van der Waals surface area contributed by atoms with Gasteiger partial charge in [-0.3, -0.25) is 9.89 Å². The standard InChI is InChI=1S/C19H17F3N4O2/c1-28-15-8-3-2-5-12(15)10-16(27)25-17(18-23-11-24-26-18)13-6-4-7-14(9-13)19(20,21)22/h2-9,11,17H,10H2,1H3,(H,25,27)(H,23,24,26)/t17-/m0/s1. The average Bonchev–Trinajstić information content (AvgIpc) is 3.20. The second-order valence-electron chi connectivity index (χ2n) is 5.98. The Balaban J connectivity index is 1.87. The Labute approximate surface area is 158 Å². The minimum atomic E-state index is -4.50. The predicted octanol–water partition coefficient (Wildman–Crippen LogP) is 3.28. The number of nitrogens with one attached hydrogen (secondary N) is 2. The third-order valence-corrected chi connectivity index (χ3v) is 4.10. The number of carbonyl (C=O) groups excluding carboxylic acids is 1. The summed E-state index contributed by atoms with van der Waals surface area (Å²) in [4.78, 5) is 16.6. The minimum Gasteiger partial charge on any atom is -0.496 e. The highest BCUT2D eigenvalue weighted by atomic mass is 19.4. The van der Waals surface area contributed by atoms with Crippen LogP contribution in [0.25, 0.3) is 0 Å². The number of hydrogen-bond donors (Lipinski definition) is 2. The van der Waals surface area contributed by atoms with Crippen molar-refractivity contribution in [2.75, 3.05) is 7.11 Å². The molecule has 0 aliphatic heterocycles. The fourth-order valence-corrected chi connectivity index (χ4v) is 2.79. The topological polar surface area (TPSA) is 79.9 Å². The molecule has 0 bridgehead atoms. The molecule has 0 aliphatic carbocycles. The summed E-state index contributed by atoms with van der Waals surface area (Å²) in [6, 6.07) is 10.8. The van der Waals surface area contributed by atoms with Crippen LogP contribution in [0.15, 0.2) is 54.9 Å². The minimum absolute atomic E-state index is 0.00634. The molecule has 9 heteroatoms. The van der Waals surface area contributed by atoms with Gasteiger partial charge >= 0.3 is 6.18 Å². The zero-order valence-electron chi connectivity index (χ0n) is 14.8. The molecule has 0 aliphatic rings. The molecular weight excluding hydrogens is 373 g/mol. The molecule has 0 saturated carbocycles. The first-order valence-electron chi connectivity index (χ1n) is 8.32. The molecular formula is C19H17F3N4O2. The number of aromatic amines is 1. The van der Waals surface area contributed by atoms with Gasteiger partial charge in [0.2, 0.25) is 5.91 Å². The quantitative estimate of drug-likeness (QED) is 0.677. The van der Waals surface area contributed by atoms with E-state index in [2.05, 4.69) is 20.5 Å². The molecule has 2 N–H and O–H groups in total. The van der Waals surface area contributed by atoms with E-state index >= 15 is 0 Å². The van der Waals surface area contributed by atoms with E-state index in [0.29, 0.717) is 11.3 Å². The Bertz CT molecular complexity index is 942. The van der Waals surface area contributed by atoms with Crippen LogP contribution < -0.4 is 10.1 Å². The zero-order valence-corrected chi connectivity index (χ0v) is 14.8. The van der Waals surface area contributed by atoms with Gasteiger partial charge in [-0.15, -0.1) is 0 Å². The number of para-hydroxylation sites is 1. The smallest absolute Gasteiger partial charge is 0.416 e. The van der Waals surface area contributed by atoms with E-state index < -0.39 is 23.7 Å².